The predicted octanol–water partition coefficient (Wildman–Crippen LogP) is 2.13. The lowest BCUT2D eigenvalue weighted by atomic mass is 9.58. The van der Waals surface area contributed by atoms with E-state index in [0.29, 0.717) is 6.54 Å². The van der Waals surface area contributed by atoms with Crippen LogP contribution in [0.4, 0.5) is 4.39 Å². The van der Waals surface area contributed by atoms with Crippen LogP contribution in [0.15, 0.2) is 28.7 Å². The van der Waals surface area contributed by atoms with E-state index in [1.165, 1.54) is 11.0 Å². The summed E-state index contributed by atoms with van der Waals surface area (Å²) in [7, 11) is 3.09. The number of nitrogens with one attached hydrogen (secondary N) is 1. The number of allylic oxidation sites excluding steroid dienone is 1. The van der Waals surface area contributed by atoms with Gasteiger partial charge in [0, 0.05) is 34.7 Å². The van der Waals surface area contributed by atoms with E-state index >= 15 is 4.39 Å². The number of nitrogens with zero attached hydrogens (tertiary/aromatic N) is 1. The molecule has 3 aliphatic carbocycles. The molecule has 0 aliphatic heterocycles. The number of primary amides is 1. The third kappa shape index (κ3) is 4.31. The van der Waals surface area contributed by atoms with Crippen LogP contribution in [0.3, 0.4) is 0 Å². The Morgan fingerprint density at radius 3 is 2.30 bits per heavy atom. The second-order valence-electron chi connectivity index (χ2n) is 13.1. The number of hydrogen-bond donors (Lipinski definition) is 6. The number of halogens is 1. The number of carbonyl (C=O) groups excluding carboxylic acids is 3. The van der Waals surface area contributed by atoms with Gasteiger partial charge in [0.1, 0.15) is 28.7 Å². The number of nitrogens with two attached hydrogens (primary N) is 1. The first-order chi connectivity index (χ1) is 18.3. The number of benzene rings is 1. The topological polar surface area (TPSA) is 173 Å². The highest BCUT2D eigenvalue weighted by atomic mass is 19.1. The number of hydrogen-bond acceptors (Lipinski definition) is 9. The molecule has 3 aliphatic rings. The van der Waals surface area contributed by atoms with Crippen LogP contribution >= 0.6 is 0 Å². The lowest BCUT2D eigenvalue weighted by Crippen LogP contribution is -2.63. The normalized spacial score (nSPS) is 27.1. The van der Waals surface area contributed by atoms with E-state index in [0.717, 1.165) is 0 Å². The Hall–Kier alpha value is -3.28. The fourth-order valence-electron chi connectivity index (χ4n) is 6.33. The summed E-state index contributed by atoms with van der Waals surface area (Å²) < 4.78 is 16.2. The van der Waals surface area contributed by atoms with Crippen molar-refractivity contribution in [3.63, 3.8) is 0 Å². The minimum absolute atomic E-state index is 0.0289. The molecular weight excluding hydrogens is 521 g/mol. The first-order valence-electron chi connectivity index (χ1n) is 13.2. The molecule has 0 radical (unpaired) electrons. The minimum atomic E-state index is -2.74. The number of rotatable bonds is 5. The van der Waals surface area contributed by atoms with Gasteiger partial charge in [-0.2, -0.15) is 0 Å². The number of likely N-dealkylation sites (N-methyl/N-ethyl adjacent to an activating group) is 1. The van der Waals surface area contributed by atoms with Crippen molar-refractivity contribution < 1.29 is 39.2 Å². The molecule has 40 heavy (non-hydrogen) atoms. The molecule has 7 N–H and O–H groups in total. The number of aromatic hydroxyl groups is 1. The van der Waals surface area contributed by atoms with Gasteiger partial charge in [-0.1, -0.05) is 20.8 Å². The van der Waals surface area contributed by atoms with Crippen LogP contribution in [0.5, 0.6) is 5.75 Å². The molecule has 0 aromatic heterocycles. The van der Waals surface area contributed by atoms with Gasteiger partial charge in [0.05, 0.1) is 11.6 Å². The standard InChI is InChI=1S/C29H38FN3O7/c1-27(2,3)11-32-28(4,5)14-10-16(34)18-13(20(14)30)8-12-9-15-21(33(6)7)23(36)19(26(31)39)25(38)29(15,40)24(37)17(12)22(18)35/h10,12,15,21,32,34,36-37,40H,8-9,11H2,1-7H3,(H2,31,39)/t12-,15-,21-,29-/m0/s1. The zero-order valence-electron chi connectivity index (χ0n) is 23.8. The van der Waals surface area contributed by atoms with E-state index < -0.39 is 75.1 Å². The molecule has 0 unspecified atom stereocenters. The fraction of sp³-hybridized carbons (Fsp3) is 0.552. The summed E-state index contributed by atoms with van der Waals surface area (Å²) in [5.41, 5.74) is 0.159. The highest BCUT2D eigenvalue weighted by Gasteiger charge is 2.63. The molecule has 218 valence electrons. The Labute approximate surface area is 232 Å². The van der Waals surface area contributed by atoms with Crippen LogP contribution in [0.1, 0.15) is 62.5 Å². The summed E-state index contributed by atoms with van der Waals surface area (Å²) >= 11 is 0. The van der Waals surface area contributed by atoms with E-state index in [4.69, 9.17) is 5.73 Å². The molecular formula is C29H38FN3O7. The van der Waals surface area contributed by atoms with Crippen LogP contribution in [0.25, 0.3) is 0 Å². The van der Waals surface area contributed by atoms with Crippen molar-refractivity contribution in [1.29, 1.82) is 0 Å². The third-order valence-electron chi connectivity index (χ3n) is 8.39. The molecule has 0 bridgehead atoms. The zero-order chi connectivity index (χ0) is 30.3. The zero-order valence-corrected chi connectivity index (χ0v) is 23.8. The Balaban J connectivity index is 1.88. The number of Topliss-reactive ketones (excluding diaryl/α,β-unsaturated/α-hetero) is 2. The minimum Gasteiger partial charge on any atom is -0.510 e. The van der Waals surface area contributed by atoms with Gasteiger partial charge in [-0.05, 0) is 58.2 Å². The van der Waals surface area contributed by atoms with Gasteiger partial charge >= 0.3 is 0 Å². The van der Waals surface area contributed by atoms with Gasteiger partial charge in [0.2, 0.25) is 5.78 Å². The maximum atomic E-state index is 16.2. The summed E-state index contributed by atoms with van der Waals surface area (Å²) in [5, 5.41) is 48.1. The highest BCUT2D eigenvalue weighted by molar-refractivity contribution is 6.24. The molecule has 4 atom stereocenters. The van der Waals surface area contributed by atoms with Gasteiger partial charge in [-0.25, -0.2) is 4.39 Å². The van der Waals surface area contributed by atoms with Gasteiger partial charge in [0.15, 0.2) is 11.4 Å². The van der Waals surface area contributed by atoms with Crippen molar-refractivity contribution in [2.24, 2.45) is 23.0 Å². The number of phenols is 1. The molecule has 0 fully saturated rings. The number of aliphatic hydroxyl groups is 3. The number of carbonyl (C=O) groups is 3. The van der Waals surface area contributed by atoms with Crippen LogP contribution in [-0.2, 0) is 21.5 Å². The molecule has 0 heterocycles. The van der Waals surface area contributed by atoms with Gasteiger partial charge < -0.3 is 31.5 Å². The quantitative estimate of drug-likeness (QED) is 0.295. The smallest absolute Gasteiger partial charge is 0.255 e. The van der Waals surface area contributed by atoms with Crippen LogP contribution in [-0.4, -0.2) is 75.1 Å². The van der Waals surface area contributed by atoms with Crippen molar-refractivity contribution in [2.45, 2.75) is 64.6 Å². The first kappa shape index (κ1) is 29.7. The van der Waals surface area contributed by atoms with Gasteiger partial charge in [0.25, 0.3) is 5.91 Å². The van der Waals surface area contributed by atoms with Crippen LogP contribution in [0.2, 0.25) is 0 Å². The Kier molecular flexibility index (Phi) is 6.97. The molecule has 4 rings (SSSR count). The number of fused-ring (bicyclic) bond motifs is 3. The summed E-state index contributed by atoms with van der Waals surface area (Å²) in [5.74, 6) is -8.37. The molecule has 0 saturated heterocycles. The molecule has 0 saturated carbocycles. The van der Waals surface area contributed by atoms with Crippen molar-refractivity contribution >= 4 is 17.5 Å². The lowest BCUT2D eigenvalue weighted by Gasteiger charge is -2.50. The Bertz CT molecular complexity index is 1390. The molecule has 1 amide bonds. The van der Waals surface area contributed by atoms with E-state index in [2.05, 4.69) is 5.32 Å². The van der Waals surface area contributed by atoms with Crippen LogP contribution in [0, 0.1) is 23.1 Å². The Morgan fingerprint density at radius 2 is 1.77 bits per heavy atom. The second-order valence-corrected chi connectivity index (χ2v) is 13.1. The monoisotopic (exact) mass is 559 g/mol. The Morgan fingerprint density at radius 1 is 1.18 bits per heavy atom. The summed E-state index contributed by atoms with van der Waals surface area (Å²) in [6.45, 7) is 10.2. The largest absolute Gasteiger partial charge is 0.510 e. The maximum Gasteiger partial charge on any atom is 0.255 e. The summed E-state index contributed by atoms with van der Waals surface area (Å²) in [4.78, 5) is 40.6. The van der Waals surface area contributed by atoms with Crippen molar-refractivity contribution in [3.8, 4) is 5.75 Å². The van der Waals surface area contributed by atoms with Crippen molar-refractivity contribution in [2.75, 3.05) is 20.6 Å². The molecule has 11 heteroatoms. The van der Waals surface area contributed by atoms with E-state index in [1.807, 2.05) is 20.8 Å². The van der Waals surface area contributed by atoms with Crippen molar-refractivity contribution in [3.05, 3.63) is 51.2 Å². The van der Waals surface area contributed by atoms with Gasteiger partial charge in [-0.3, -0.25) is 19.3 Å². The number of phenolic OH excluding ortho intramolecular Hbond substituents is 1. The lowest BCUT2D eigenvalue weighted by molar-refractivity contribution is -0.148. The van der Waals surface area contributed by atoms with E-state index in [9.17, 15) is 34.8 Å². The predicted molar refractivity (Wildman–Crippen MR) is 144 cm³/mol. The summed E-state index contributed by atoms with van der Waals surface area (Å²) in [6.07, 6.45) is -0.223. The fourth-order valence-corrected chi connectivity index (χ4v) is 6.33. The van der Waals surface area contributed by atoms with E-state index in [1.54, 1.807) is 27.9 Å². The summed E-state index contributed by atoms with van der Waals surface area (Å²) in [6, 6.07) is 0.0651. The molecule has 1 aromatic carbocycles. The third-order valence-corrected chi connectivity index (χ3v) is 8.39. The highest BCUT2D eigenvalue weighted by Crippen LogP contribution is 2.52. The average Bonchev–Trinajstić information content (AvgIpc) is 2.81. The number of ketones is 2. The number of amides is 1. The van der Waals surface area contributed by atoms with Crippen LogP contribution < -0.4 is 11.1 Å². The van der Waals surface area contributed by atoms with E-state index in [-0.39, 0.29) is 40.5 Å². The van der Waals surface area contributed by atoms with Crippen molar-refractivity contribution in [1.82, 2.24) is 10.2 Å². The SMILES string of the molecule is CN(C)[C@@H]1C(O)=C(C(N)=O)C(=O)[C@@]2(O)C(O)=C3C(=O)c4c(O)cc(C(C)(C)NCC(C)(C)C)c(F)c4C[C@H]3C[C@@H]12. The molecule has 0 spiro atoms. The van der Waals surface area contributed by atoms with Gasteiger partial charge in [-0.15, -0.1) is 0 Å². The second kappa shape index (κ2) is 9.39. The molecule has 1 aromatic rings. The first-order valence-corrected chi connectivity index (χ1v) is 13.2. The molecule has 10 nitrogen and oxygen atoms in total. The average molecular weight is 560 g/mol. The maximum absolute atomic E-state index is 16.2. The number of aliphatic hydroxyl groups excluding tert-OH is 2.